The summed E-state index contributed by atoms with van der Waals surface area (Å²) in [6.45, 7) is 5.56. The molecule has 4 unspecified atom stereocenters. The Kier molecular flexibility index (Phi) is 5.26. The van der Waals surface area contributed by atoms with Gasteiger partial charge in [0.15, 0.2) is 9.84 Å². The molecule has 19 heavy (non-hydrogen) atoms. The van der Waals surface area contributed by atoms with Crippen LogP contribution in [0.5, 0.6) is 0 Å². The van der Waals surface area contributed by atoms with Gasteiger partial charge >= 0.3 is 0 Å². The lowest BCUT2D eigenvalue weighted by Crippen LogP contribution is -2.35. The number of nitrogens with one attached hydrogen (secondary N) is 1. The van der Waals surface area contributed by atoms with Gasteiger partial charge in [-0.15, -0.1) is 0 Å². The van der Waals surface area contributed by atoms with Gasteiger partial charge < -0.3 is 10.1 Å². The predicted octanol–water partition coefficient (Wildman–Crippen LogP) is 1.75. The van der Waals surface area contributed by atoms with Crippen LogP contribution in [0.1, 0.15) is 46.0 Å². The summed E-state index contributed by atoms with van der Waals surface area (Å²) in [5.74, 6) is 0.866. The molecule has 1 saturated heterocycles. The molecule has 0 radical (unpaired) electrons. The van der Waals surface area contributed by atoms with E-state index in [-0.39, 0.29) is 11.4 Å². The van der Waals surface area contributed by atoms with Crippen LogP contribution in [-0.4, -0.2) is 44.7 Å². The van der Waals surface area contributed by atoms with Crippen molar-refractivity contribution in [3.05, 3.63) is 0 Å². The lowest BCUT2D eigenvalue weighted by Gasteiger charge is -2.21. The van der Waals surface area contributed by atoms with Gasteiger partial charge in [-0.05, 0) is 45.1 Å². The van der Waals surface area contributed by atoms with E-state index in [1.165, 1.54) is 19.3 Å². The summed E-state index contributed by atoms with van der Waals surface area (Å²) < 4.78 is 30.1. The van der Waals surface area contributed by atoms with E-state index >= 15 is 0 Å². The van der Waals surface area contributed by atoms with Crippen LogP contribution in [-0.2, 0) is 14.6 Å². The topological polar surface area (TPSA) is 55.4 Å². The van der Waals surface area contributed by atoms with Crippen molar-refractivity contribution in [2.75, 3.05) is 18.9 Å². The largest absolute Gasteiger partial charge is 0.377 e. The summed E-state index contributed by atoms with van der Waals surface area (Å²) >= 11 is 0. The van der Waals surface area contributed by atoms with Gasteiger partial charge in [-0.3, -0.25) is 0 Å². The van der Waals surface area contributed by atoms with Crippen LogP contribution in [0.15, 0.2) is 0 Å². The van der Waals surface area contributed by atoms with Crippen molar-refractivity contribution in [2.45, 2.75) is 63.3 Å². The predicted molar refractivity (Wildman–Crippen MR) is 77.0 cm³/mol. The second-order valence-electron chi connectivity index (χ2n) is 5.91. The fraction of sp³-hybridized carbons (Fsp3) is 1.00. The molecule has 4 atom stereocenters. The molecule has 2 aliphatic rings. The maximum atomic E-state index is 12.4. The second kappa shape index (κ2) is 6.55. The average molecular weight is 289 g/mol. The quantitative estimate of drug-likeness (QED) is 0.809. The van der Waals surface area contributed by atoms with E-state index in [2.05, 4.69) is 12.2 Å². The average Bonchev–Trinajstić information content (AvgIpc) is 2.96. The summed E-state index contributed by atoms with van der Waals surface area (Å²) in [5, 5.41) is 3.22. The van der Waals surface area contributed by atoms with Crippen molar-refractivity contribution >= 4 is 9.84 Å². The molecule has 1 aliphatic carbocycles. The zero-order valence-electron chi connectivity index (χ0n) is 12.1. The van der Waals surface area contributed by atoms with Gasteiger partial charge in [0, 0.05) is 12.6 Å². The molecule has 0 amide bonds. The van der Waals surface area contributed by atoms with Gasteiger partial charge in [-0.2, -0.15) is 0 Å². The van der Waals surface area contributed by atoms with E-state index in [1.807, 2.05) is 6.92 Å². The van der Waals surface area contributed by atoms with Crippen molar-refractivity contribution < 1.29 is 13.2 Å². The maximum absolute atomic E-state index is 12.4. The minimum Gasteiger partial charge on any atom is -0.377 e. The lowest BCUT2D eigenvalue weighted by atomic mass is 10.0. The van der Waals surface area contributed by atoms with E-state index in [9.17, 15) is 8.42 Å². The Morgan fingerprint density at radius 1 is 1.26 bits per heavy atom. The van der Waals surface area contributed by atoms with Gasteiger partial charge in [0.2, 0.25) is 0 Å². The van der Waals surface area contributed by atoms with E-state index in [1.54, 1.807) is 0 Å². The summed E-state index contributed by atoms with van der Waals surface area (Å²) in [5.41, 5.74) is 0. The van der Waals surface area contributed by atoms with Crippen molar-refractivity contribution in [1.82, 2.24) is 5.32 Å². The third-order valence-electron chi connectivity index (χ3n) is 4.67. The molecule has 1 saturated carbocycles. The minimum absolute atomic E-state index is 0.127. The Morgan fingerprint density at radius 3 is 2.68 bits per heavy atom. The molecule has 4 nitrogen and oxygen atoms in total. The van der Waals surface area contributed by atoms with E-state index in [0.29, 0.717) is 30.7 Å². The molecular formula is C14H27NO3S. The number of hydrogen-bond donors (Lipinski definition) is 1. The first-order valence-corrected chi connectivity index (χ1v) is 9.32. The molecule has 1 heterocycles. The van der Waals surface area contributed by atoms with Crippen molar-refractivity contribution in [2.24, 2.45) is 5.92 Å². The summed E-state index contributed by atoms with van der Waals surface area (Å²) in [6.07, 6.45) is 4.95. The van der Waals surface area contributed by atoms with Crippen molar-refractivity contribution in [3.8, 4) is 0 Å². The van der Waals surface area contributed by atoms with Gasteiger partial charge in [0.05, 0.1) is 17.1 Å². The van der Waals surface area contributed by atoms with E-state index < -0.39 is 9.84 Å². The number of rotatable bonds is 6. The van der Waals surface area contributed by atoms with E-state index in [4.69, 9.17) is 4.74 Å². The third-order valence-corrected chi connectivity index (χ3v) is 7.01. The van der Waals surface area contributed by atoms with Crippen LogP contribution in [0.3, 0.4) is 0 Å². The van der Waals surface area contributed by atoms with Crippen LogP contribution < -0.4 is 5.32 Å². The Labute approximate surface area is 117 Å². The molecule has 2 rings (SSSR count). The molecule has 1 N–H and O–H groups in total. The first-order chi connectivity index (χ1) is 9.04. The highest BCUT2D eigenvalue weighted by Crippen LogP contribution is 2.30. The van der Waals surface area contributed by atoms with Crippen LogP contribution in [0.25, 0.3) is 0 Å². The van der Waals surface area contributed by atoms with Crippen LogP contribution in [0, 0.1) is 5.92 Å². The van der Waals surface area contributed by atoms with Gasteiger partial charge in [0.25, 0.3) is 0 Å². The fourth-order valence-electron chi connectivity index (χ4n) is 3.56. The van der Waals surface area contributed by atoms with Crippen LogP contribution >= 0.6 is 0 Å². The van der Waals surface area contributed by atoms with Gasteiger partial charge in [0.1, 0.15) is 0 Å². The number of sulfone groups is 1. The fourth-order valence-corrected chi connectivity index (χ4v) is 5.62. The molecule has 0 aromatic rings. The summed E-state index contributed by atoms with van der Waals surface area (Å²) in [6, 6.07) is 0.525. The molecule has 0 spiro atoms. The second-order valence-corrected chi connectivity index (χ2v) is 8.25. The molecule has 0 bridgehead atoms. The molecule has 5 heteroatoms. The summed E-state index contributed by atoms with van der Waals surface area (Å²) in [7, 11) is -2.99. The molecule has 2 fully saturated rings. The highest BCUT2D eigenvalue weighted by atomic mass is 32.2. The highest BCUT2D eigenvalue weighted by Gasteiger charge is 2.36. The van der Waals surface area contributed by atoms with Crippen molar-refractivity contribution in [3.63, 3.8) is 0 Å². The van der Waals surface area contributed by atoms with Crippen LogP contribution in [0.4, 0.5) is 0 Å². The minimum atomic E-state index is -2.99. The normalized spacial score (nSPS) is 35.9. The van der Waals surface area contributed by atoms with Crippen LogP contribution in [0.2, 0.25) is 0 Å². The first-order valence-electron chi connectivity index (χ1n) is 7.61. The SMILES string of the molecule is CCNC1CCCC1CCS(=O)(=O)C1CCOC1C. The zero-order valence-corrected chi connectivity index (χ0v) is 12.9. The standard InChI is InChI=1S/C14H27NO3S/c1-3-15-13-6-4-5-12(13)8-10-19(16,17)14-7-9-18-11(14)2/h11-15H,3-10H2,1-2H3. The number of ether oxygens (including phenoxy) is 1. The molecular weight excluding hydrogens is 262 g/mol. The van der Waals surface area contributed by atoms with Gasteiger partial charge in [-0.25, -0.2) is 8.42 Å². The molecule has 0 aromatic carbocycles. The highest BCUT2D eigenvalue weighted by molar-refractivity contribution is 7.92. The lowest BCUT2D eigenvalue weighted by molar-refractivity contribution is 0.126. The van der Waals surface area contributed by atoms with Crippen molar-refractivity contribution in [1.29, 1.82) is 0 Å². The molecule has 112 valence electrons. The smallest absolute Gasteiger partial charge is 0.155 e. The first kappa shape index (κ1) is 15.3. The molecule has 0 aromatic heterocycles. The zero-order chi connectivity index (χ0) is 13.9. The maximum Gasteiger partial charge on any atom is 0.155 e. The monoisotopic (exact) mass is 289 g/mol. The third kappa shape index (κ3) is 3.70. The van der Waals surface area contributed by atoms with E-state index in [0.717, 1.165) is 13.0 Å². The summed E-state index contributed by atoms with van der Waals surface area (Å²) in [4.78, 5) is 0. The Hall–Kier alpha value is -0.130. The van der Waals surface area contributed by atoms with Gasteiger partial charge in [-0.1, -0.05) is 13.3 Å². The molecule has 1 aliphatic heterocycles. The Bertz CT molecular complexity index is 382. The number of hydrogen-bond acceptors (Lipinski definition) is 4. The Morgan fingerprint density at radius 2 is 2.05 bits per heavy atom. The Balaban J connectivity index is 1.87.